The fraction of sp³-hybridized carbons (Fsp3) is 0.889. The topological polar surface area (TPSA) is 99.9 Å². The molecule has 6 heteroatoms. The lowest BCUT2D eigenvalue weighted by Crippen LogP contribution is -2.32. The fourth-order valence-electron chi connectivity index (χ4n) is 4.05. The van der Waals surface area contributed by atoms with Crippen LogP contribution in [0.1, 0.15) is 110 Å². The summed E-state index contributed by atoms with van der Waals surface area (Å²) in [4.78, 5) is 6.53. The molecule has 0 spiro atoms. The average molecular weight is 468 g/mol. The standard InChI is InChI=1S/C27H57N5O/c1-3-5-6-11-14-18-26(33)19-15-12-9-7-8-10-13-16-20-30-21-17-24-32(23-4-2)25-22-31-27(28)29/h15,19,26,30,33H,3-14,16-18,20-25H2,1-2H3,(H4,28,29,31)/b19-15+. The second-order valence-electron chi connectivity index (χ2n) is 9.36. The molecule has 0 saturated carbocycles. The number of aliphatic hydroxyl groups excluding tert-OH is 1. The highest BCUT2D eigenvalue weighted by Gasteiger charge is 2.03. The van der Waals surface area contributed by atoms with Crippen molar-refractivity contribution in [2.75, 3.05) is 39.3 Å². The van der Waals surface area contributed by atoms with Crippen molar-refractivity contribution >= 4 is 5.96 Å². The minimum atomic E-state index is -0.237. The van der Waals surface area contributed by atoms with Gasteiger partial charge < -0.3 is 26.8 Å². The summed E-state index contributed by atoms with van der Waals surface area (Å²) in [6.07, 6.45) is 22.4. The van der Waals surface area contributed by atoms with Gasteiger partial charge in [-0.05, 0) is 64.7 Å². The van der Waals surface area contributed by atoms with Crippen molar-refractivity contribution in [3.05, 3.63) is 12.2 Å². The molecule has 0 bridgehead atoms. The second-order valence-corrected chi connectivity index (χ2v) is 9.36. The van der Waals surface area contributed by atoms with E-state index in [1.807, 2.05) is 6.08 Å². The van der Waals surface area contributed by atoms with Crippen LogP contribution in [0.2, 0.25) is 0 Å². The van der Waals surface area contributed by atoms with E-state index in [0.29, 0.717) is 6.54 Å². The molecule has 0 fully saturated rings. The minimum absolute atomic E-state index is 0.184. The van der Waals surface area contributed by atoms with E-state index in [2.05, 4.69) is 35.1 Å². The number of nitrogens with zero attached hydrogens (tertiary/aromatic N) is 2. The highest BCUT2D eigenvalue weighted by Crippen LogP contribution is 2.10. The maximum atomic E-state index is 9.98. The van der Waals surface area contributed by atoms with E-state index in [0.717, 1.165) is 58.4 Å². The van der Waals surface area contributed by atoms with E-state index in [4.69, 9.17) is 11.5 Å². The molecule has 0 aromatic rings. The lowest BCUT2D eigenvalue weighted by Gasteiger charge is -2.20. The second kappa shape index (κ2) is 25.5. The van der Waals surface area contributed by atoms with Crippen LogP contribution in [-0.2, 0) is 0 Å². The molecule has 6 nitrogen and oxygen atoms in total. The molecule has 0 aliphatic heterocycles. The van der Waals surface area contributed by atoms with E-state index >= 15 is 0 Å². The van der Waals surface area contributed by atoms with E-state index in [-0.39, 0.29) is 12.1 Å². The zero-order chi connectivity index (χ0) is 24.4. The molecule has 6 N–H and O–H groups in total. The van der Waals surface area contributed by atoms with Crippen molar-refractivity contribution in [3.63, 3.8) is 0 Å². The molecule has 0 heterocycles. The molecule has 1 unspecified atom stereocenters. The first-order valence-electron chi connectivity index (χ1n) is 13.9. The number of unbranched alkanes of at least 4 members (excludes halogenated alkanes) is 10. The Hall–Kier alpha value is -1.11. The molecule has 0 aromatic carbocycles. The van der Waals surface area contributed by atoms with E-state index in [1.54, 1.807) is 0 Å². The number of allylic oxidation sites excluding steroid dienone is 1. The molecule has 0 aliphatic rings. The van der Waals surface area contributed by atoms with Crippen molar-refractivity contribution in [1.29, 1.82) is 0 Å². The van der Waals surface area contributed by atoms with Crippen LogP contribution in [0, 0.1) is 0 Å². The van der Waals surface area contributed by atoms with E-state index in [1.165, 1.54) is 70.6 Å². The van der Waals surface area contributed by atoms with Crippen molar-refractivity contribution in [2.45, 2.75) is 116 Å². The van der Waals surface area contributed by atoms with E-state index in [9.17, 15) is 5.11 Å². The third-order valence-electron chi connectivity index (χ3n) is 6.01. The molecular formula is C27H57N5O. The molecule has 0 rings (SSSR count). The zero-order valence-electron chi connectivity index (χ0n) is 22.1. The van der Waals surface area contributed by atoms with Crippen LogP contribution >= 0.6 is 0 Å². The van der Waals surface area contributed by atoms with Crippen LogP contribution < -0.4 is 16.8 Å². The summed E-state index contributed by atoms with van der Waals surface area (Å²) in [6.45, 7) is 10.5. The number of guanidine groups is 1. The van der Waals surface area contributed by atoms with Crippen molar-refractivity contribution < 1.29 is 5.11 Å². The normalized spacial score (nSPS) is 12.6. The first-order valence-corrected chi connectivity index (χ1v) is 13.9. The number of hydrogen-bond acceptors (Lipinski definition) is 4. The quantitative estimate of drug-likeness (QED) is 0.0658. The average Bonchev–Trinajstić information content (AvgIpc) is 2.78. The Balaban J connectivity index is 3.42. The number of hydrogen-bond donors (Lipinski definition) is 4. The van der Waals surface area contributed by atoms with Gasteiger partial charge in [0.2, 0.25) is 0 Å². The van der Waals surface area contributed by atoms with Gasteiger partial charge in [0.05, 0.1) is 12.6 Å². The predicted molar refractivity (Wildman–Crippen MR) is 146 cm³/mol. The van der Waals surface area contributed by atoms with Gasteiger partial charge in [0.25, 0.3) is 0 Å². The third kappa shape index (κ3) is 25.4. The maximum Gasteiger partial charge on any atom is 0.185 e. The zero-order valence-corrected chi connectivity index (χ0v) is 22.1. The maximum absolute atomic E-state index is 9.98. The number of aliphatic imine (C=N–C) groups is 1. The van der Waals surface area contributed by atoms with Gasteiger partial charge in [-0.25, -0.2) is 0 Å². The summed E-state index contributed by atoms with van der Waals surface area (Å²) in [5.41, 5.74) is 10.8. The summed E-state index contributed by atoms with van der Waals surface area (Å²) in [5.74, 6) is 0.184. The minimum Gasteiger partial charge on any atom is -0.389 e. The molecule has 0 aliphatic carbocycles. The third-order valence-corrected chi connectivity index (χ3v) is 6.01. The van der Waals surface area contributed by atoms with Crippen LogP contribution in [0.3, 0.4) is 0 Å². The molecular weight excluding hydrogens is 410 g/mol. The van der Waals surface area contributed by atoms with Gasteiger partial charge in [0.15, 0.2) is 5.96 Å². The number of nitrogens with one attached hydrogen (secondary N) is 1. The Morgan fingerprint density at radius 1 is 0.818 bits per heavy atom. The Labute approximate surface area is 205 Å². The van der Waals surface area contributed by atoms with Gasteiger partial charge in [0.1, 0.15) is 0 Å². The fourth-order valence-corrected chi connectivity index (χ4v) is 4.05. The highest BCUT2D eigenvalue weighted by molar-refractivity contribution is 5.75. The van der Waals surface area contributed by atoms with Crippen molar-refractivity contribution in [3.8, 4) is 0 Å². The highest BCUT2D eigenvalue weighted by atomic mass is 16.3. The van der Waals surface area contributed by atoms with Gasteiger partial charge in [-0.15, -0.1) is 0 Å². The molecule has 1 atom stereocenters. The van der Waals surface area contributed by atoms with E-state index < -0.39 is 0 Å². The molecule has 0 saturated heterocycles. The lowest BCUT2D eigenvalue weighted by atomic mass is 10.1. The smallest absolute Gasteiger partial charge is 0.185 e. The molecule has 0 aromatic heterocycles. The molecule has 0 radical (unpaired) electrons. The Kier molecular flexibility index (Phi) is 24.7. The summed E-state index contributed by atoms with van der Waals surface area (Å²) in [7, 11) is 0. The number of aliphatic hydroxyl groups is 1. The van der Waals surface area contributed by atoms with Gasteiger partial charge in [-0.3, -0.25) is 4.99 Å². The summed E-state index contributed by atoms with van der Waals surface area (Å²) in [6, 6.07) is 0. The summed E-state index contributed by atoms with van der Waals surface area (Å²) >= 11 is 0. The molecule has 33 heavy (non-hydrogen) atoms. The summed E-state index contributed by atoms with van der Waals surface area (Å²) < 4.78 is 0. The Morgan fingerprint density at radius 2 is 1.48 bits per heavy atom. The van der Waals surface area contributed by atoms with Gasteiger partial charge >= 0.3 is 0 Å². The number of rotatable bonds is 25. The first kappa shape index (κ1) is 31.9. The monoisotopic (exact) mass is 467 g/mol. The van der Waals surface area contributed by atoms with Crippen molar-refractivity contribution in [1.82, 2.24) is 10.2 Å². The van der Waals surface area contributed by atoms with Crippen molar-refractivity contribution in [2.24, 2.45) is 16.5 Å². The molecule has 0 amide bonds. The van der Waals surface area contributed by atoms with Crippen LogP contribution in [-0.4, -0.2) is 61.3 Å². The van der Waals surface area contributed by atoms with Gasteiger partial charge in [-0.2, -0.15) is 0 Å². The van der Waals surface area contributed by atoms with Crippen LogP contribution in [0.25, 0.3) is 0 Å². The predicted octanol–water partition coefficient (Wildman–Crippen LogP) is 4.96. The van der Waals surface area contributed by atoms with Gasteiger partial charge in [0, 0.05) is 6.54 Å². The molecule has 196 valence electrons. The number of nitrogens with two attached hydrogens (primary N) is 2. The lowest BCUT2D eigenvalue weighted by molar-refractivity contribution is 0.207. The van der Waals surface area contributed by atoms with Gasteiger partial charge in [-0.1, -0.05) is 83.8 Å². The Bertz CT molecular complexity index is 452. The summed E-state index contributed by atoms with van der Waals surface area (Å²) in [5, 5.41) is 13.6. The van der Waals surface area contributed by atoms with Crippen LogP contribution in [0.15, 0.2) is 17.1 Å². The largest absolute Gasteiger partial charge is 0.389 e. The Morgan fingerprint density at radius 3 is 2.21 bits per heavy atom. The van der Waals surface area contributed by atoms with Crippen LogP contribution in [0.5, 0.6) is 0 Å². The SMILES string of the molecule is CCCCCCCC(O)/C=C/CCCCCCCCNCCCN(CCC)CCN=C(N)N. The first-order chi connectivity index (χ1) is 16.1. The van der Waals surface area contributed by atoms with Crippen LogP contribution in [0.4, 0.5) is 0 Å².